The molecule has 1 amide bonds. The molecular formula is C16H19N3O. The van der Waals surface area contributed by atoms with Crippen molar-refractivity contribution < 1.29 is 4.79 Å². The Balaban J connectivity index is 1.55. The molecule has 0 radical (unpaired) electrons. The average molecular weight is 269 g/mol. The van der Waals surface area contributed by atoms with Gasteiger partial charge in [-0.05, 0) is 44.0 Å². The van der Waals surface area contributed by atoms with E-state index in [0.717, 1.165) is 17.4 Å². The van der Waals surface area contributed by atoms with Gasteiger partial charge in [0, 0.05) is 18.1 Å². The van der Waals surface area contributed by atoms with Gasteiger partial charge in [-0.1, -0.05) is 18.2 Å². The molecule has 3 fully saturated rings. The Morgan fingerprint density at radius 2 is 1.95 bits per heavy atom. The maximum Gasteiger partial charge on any atom is 0.243 e. The monoisotopic (exact) mass is 269 g/mol. The van der Waals surface area contributed by atoms with Crippen LogP contribution < -0.4 is 5.43 Å². The fourth-order valence-electron chi connectivity index (χ4n) is 3.64. The van der Waals surface area contributed by atoms with E-state index in [9.17, 15) is 4.79 Å². The number of aromatic nitrogens is 1. The number of hydrogen-bond acceptors (Lipinski definition) is 2. The average Bonchev–Trinajstić information content (AvgIpc) is 2.92. The Morgan fingerprint density at radius 1 is 1.15 bits per heavy atom. The molecule has 1 aromatic carbocycles. The first-order valence-corrected chi connectivity index (χ1v) is 7.40. The third kappa shape index (κ3) is 1.91. The molecule has 0 saturated carbocycles. The van der Waals surface area contributed by atoms with Gasteiger partial charge in [-0.25, -0.2) is 0 Å². The summed E-state index contributed by atoms with van der Waals surface area (Å²) in [4.78, 5) is 15.0. The fraction of sp³-hybridized carbons (Fsp3) is 0.438. The molecule has 1 N–H and O–H groups in total. The molecule has 4 nitrogen and oxygen atoms in total. The van der Waals surface area contributed by atoms with Crippen LogP contribution in [0.5, 0.6) is 0 Å². The molecule has 2 aromatic rings. The minimum atomic E-state index is 0.152. The number of piperidine rings is 3. The number of hydrogen-bond donors (Lipinski definition) is 1. The van der Waals surface area contributed by atoms with Gasteiger partial charge in [-0.15, -0.1) is 0 Å². The van der Waals surface area contributed by atoms with Crippen LogP contribution >= 0.6 is 0 Å². The van der Waals surface area contributed by atoms with Crippen LogP contribution in [0.3, 0.4) is 0 Å². The van der Waals surface area contributed by atoms with Crippen LogP contribution in [0.2, 0.25) is 0 Å². The van der Waals surface area contributed by atoms with Crippen LogP contribution in [0.4, 0.5) is 0 Å². The van der Waals surface area contributed by atoms with Gasteiger partial charge < -0.3 is 4.90 Å². The zero-order valence-corrected chi connectivity index (χ0v) is 11.5. The van der Waals surface area contributed by atoms with Crippen LogP contribution in [-0.4, -0.2) is 35.1 Å². The predicted molar refractivity (Wildman–Crippen MR) is 79.0 cm³/mol. The van der Waals surface area contributed by atoms with Crippen molar-refractivity contribution in [3.05, 3.63) is 36.5 Å². The van der Waals surface area contributed by atoms with Crippen molar-refractivity contribution in [2.45, 2.75) is 12.8 Å². The molecule has 20 heavy (non-hydrogen) atoms. The molecule has 2 bridgehead atoms. The van der Waals surface area contributed by atoms with Crippen molar-refractivity contribution in [2.75, 3.05) is 25.1 Å². The van der Waals surface area contributed by atoms with Crippen LogP contribution in [0, 0.1) is 11.8 Å². The quantitative estimate of drug-likeness (QED) is 0.906. The highest BCUT2D eigenvalue weighted by atomic mass is 16.2. The summed E-state index contributed by atoms with van der Waals surface area (Å²) in [7, 11) is 0. The zero-order chi connectivity index (χ0) is 13.5. The highest BCUT2D eigenvalue weighted by Crippen LogP contribution is 2.32. The Labute approximate surface area is 118 Å². The van der Waals surface area contributed by atoms with E-state index >= 15 is 0 Å². The number of benzene rings is 1. The molecule has 3 aliphatic heterocycles. The second-order valence-corrected chi connectivity index (χ2v) is 5.97. The summed E-state index contributed by atoms with van der Waals surface area (Å²) >= 11 is 0. The topological polar surface area (TPSA) is 37.3 Å². The van der Waals surface area contributed by atoms with E-state index in [1.54, 1.807) is 0 Å². The molecule has 4 heteroatoms. The van der Waals surface area contributed by atoms with Gasteiger partial charge in [-0.3, -0.25) is 14.9 Å². The molecule has 1 unspecified atom stereocenters. The number of rotatable bonds is 2. The van der Waals surface area contributed by atoms with Gasteiger partial charge >= 0.3 is 0 Å². The van der Waals surface area contributed by atoms with Crippen molar-refractivity contribution in [3.63, 3.8) is 0 Å². The Morgan fingerprint density at radius 3 is 2.70 bits per heavy atom. The molecular weight excluding hydrogens is 250 g/mol. The van der Waals surface area contributed by atoms with Crippen molar-refractivity contribution in [1.82, 2.24) is 9.58 Å². The first-order valence-electron chi connectivity index (χ1n) is 7.40. The number of nitrogens with one attached hydrogen (secondary N) is 1. The summed E-state index contributed by atoms with van der Waals surface area (Å²) < 4.78 is 1.86. The molecule has 4 heterocycles. The van der Waals surface area contributed by atoms with Gasteiger partial charge in [0.15, 0.2) is 0 Å². The first kappa shape index (κ1) is 12.0. The number of para-hydroxylation sites is 1. The molecule has 104 valence electrons. The highest BCUT2D eigenvalue weighted by molar-refractivity contribution is 5.89. The summed E-state index contributed by atoms with van der Waals surface area (Å²) in [6.45, 7) is 3.26. The smallest absolute Gasteiger partial charge is 0.243 e. The molecule has 3 saturated heterocycles. The second-order valence-electron chi connectivity index (χ2n) is 5.97. The van der Waals surface area contributed by atoms with Crippen LogP contribution in [0.15, 0.2) is 36.5 Å². The zero-order valence-electron chi connectivity index (χ0n) is 11.5. The van der Waals surface area contributed by atoms with Crippen molar-refractivity contribution in [1.29, 1.82) is 0 Å². The summed E-state index contributed by atoms with van der Waals surface area (Å²) in [5, 5.41) is 1.15. The third-order valence-corrected chi connectivity index (χ3v) is 4.82. The lowest BCUT2D eigenvalue weighted by Gasteiger charge is -2.43. The van der Waals surface area contributed by atoms with Gasteiger partial charge in [0.1, 0.15) is 0 Å². The second kappa shape index (κ2) is 4.63. The Hall–Kier alpha value is -1.81. The number of nitrogens with zero attached hydrogens (tertiary/aromatic N) is 2. The van der Waals surface area contributed by atoms with E-state index in [4.69, 9.17) is 0 Å². The molecule has 1 atom stereocenters. The number of carbonyl (C=O) groups excluding carboxylic acids is 1. The molecule has 5 rings (SSSR count). The molecule has 1 aromatic heterocycles. The van der Waals surface area contributed by atoms with E-state index < -0.39 is 0 Å². The first-order chi connectivity index (χ1) is 9.81. The van der Waals surface area contributed by atoms with Crippen molar-refractivity contribution in [3.8, 4) is 0 Å². The van der Waals surface area contributed by atoms with Crippen LogP contribution in [-0.2, 0) is 4.79 Å². The van der Waals surface area contributed by atoms with Crippen LogP contribution in [0.1, 0.15) is 12.8 Å². The van der Waals surface area contributed by atoms with Crippen LogP contribution in [0.25, 0.3) is 10.9 Å². The normalized spacial score (nSPS) is 28.7. The maximum absolute atomic E-state index is 12.5. The van der Waals surface area contributed by atoms with Crippen molar-refractivity contribution >= 4 is 16.8 Å². The summed E-state index contributed by atoms with van der Waals surface area (Å²) in [6.07, 6.45) is 4.28. The lowest BCUT2D eigenvalue weighted by Crippen LogP contribution is -2.52. The van der Waals surface area contributed by atoms with E-state index in [2.05, 4.69) is 16.4 Å². The summed E-state index contributed by atoms with van der Waals surface area (Å²) in [5.41, 5.74) is 4.13. The van der Waals surface area contributed by atoms with E-state index in [-0.39, 0.29) is 11.8 Å². The predicted octanol–water partition coefficient (Wildman–Crippen LogP) is 2.05. The maximum atomic E-state index is 12.5. The molecule has 0 aliphatic carbocycles. The molecule has 0 spiro atoms. The Kier molecular flexibility index (Phi) is 2.77. The third-order valence-electron chi connectivity index (χ3n) is 4.82. The Bertz CT molecular complexity index is 640. The SMILES string of the molecule is O=C(Nn1ccc2ccccc21)C1CN2CCC1CC2. The van der Waals surface area contributed by atoms with Gasteiger partial charge in [-0.2, -0.15) is 0 Å². The standard InChI is InChI=1S/C16H19N3O/c20-16(14-11-18-8-5-12(14)6-9-18)17-19-10-7-13-3-1-2-4-15(13)19/h1-4,7,10,12,14H,5-6,8-9,11H2,(H,17,20). The van der Waals surface area contributed by atoms with Gasteiger partial charge in [0.05, 0.1) is 11.4 Å². The lowest BCUT2D eigenvalue weighted by atomic mass is 9.79. The van der Waals surface area contributed by atoms with Crippen molar-refractivity contribution in [2.24, 2.45) is 11.8 Å². The minimum absolute atomic E-state index is 0.152. The van der Waals surface area contributed by atoms with E-state index in [0.29, 0.717) is 5.92 Å². The van der Waals surface area contributed by atoms with E-state index in [1.165, 1.54) is 25.9 Å². The number of fused-ring (bicyclic) bond motifs is 4. The number of carbonyl (C=O) groups is 1. The highest BCUT2D eigenvalue weighted by Gasteiger charge is 2.38. The fourth-order valence-corrected chi connectivity index (χ4v) is 3.64. The minimum Gasteiger partial charge on any atom is -0.303 e. The largest absolute Gasteiger partial charge is 0.303 e. The summed E-state index contributed by atoms with van der Waals surface area (Å²) in [6, 6.07) is 10.1. The van der Waals surface area contributed by atoms with Gasteiger partial charge in [0.2, 0.25) is 5.91 Å². The lowest BCUT2D eigenvalue weighted by molar-refractivity contribution is -0.126. The van der Waals surface area contributed by atoms with E-state index in [1.807, 2.05) is 35.1 Å². The summed E-state index contributed by atoms with van der Waals surface area (Å²) in [5.74, 6) is 0.890. The molecule has 3 aliphatic rings. The number of amides is 1. The van der Waals surface area contributed by atoms with Gasteiger partial charge in [0.25, 0.3) is 0 Å².